The lowest BCUT2D eigenvalue weighted by Crippen LogP contribution is -2.31. The number of nitrogens with one attached hydrogen (secondary N) is 1. The molecule has 3 heterocycles. The first-order valence-electron chi connectivity index (χ1n) is 9.04. The first-order valence-corrected chi connectivity index (χ1v) is 9.04. The Kier molecular flexibility index (Phi) is 4.73. The van der Waals surface area contributed by atoms with Gasteiger partial charge in [-0.25, -0.2) is 4.98 Å². The van der Waals surface area contributed by atoms with Crippen molar-refractivity contribution in [2.45, 2.75) is 37.3 Å². The van der Waals surface area contributed by atoms with Gasteiger partial charge in [0.25, 0.3) is 0 Å². The highest BCUT2D eigenvalue weighted by Gasteiger charge is 2.35. The molecule has 1 aliphatic rings. The molecule has 0 aliphatic carbocycles. The van der Waals surface area contributed by atoms with Crippen molar-refractivity contribution in [3.05, 3.63) is 41.7 Å². The second-order valence-electron chi connectivity index (χ2n) is 7.17. The fraction of sp³-hybridized carbons (Fsp3) is 0.421. The summed E-state index contributed by atoms with van der Waals surface area (Å²) in [6.07, 6.45) is -7.95. The van der Waals surface area contributed by atoms with Gasteiger partial charge in [0.2, 0.25) is 0 Å². The lowest BCUT2D eigenvalue weighted by atomic mass is 10.1. The summed E-state index contributed by atoms with van der Waals surface area (Å²) in [5, 5.41) is 13.7. The number of pyridine rings is 1. The van der Waals surface area contributed by atoms with Crippen molar-refractivity contribution in [1.29, 1.82) is 0 Å². The quantitative estimate of drug-likeness (QED) is 0.573. The van der Waals surface area contributed by atoms with E-state index in [-0.39, 0.29) is 22.8 Å². The van der Waals surface area contributed by atoms with Crippen molar-refractivity contribution in [2.75, 3.05) is 13.1 Å². The van der Waals surface area contributed by atoms with Crippen molar-refractivity contribution < 1.29 is 31.4 Å². The molecule has 3 aromatic rings. The molecule has 0 unspecified atom stereocenters. The zero-order valence-corrected chi connectivity index (χ0v) is 15.0. The van der Waals surface area contributed by atoms with Crippen molar-refractivity contribution >= 4 is 21.8 Å². The molecule has 0 saturated carbocycles. The number of fused-ring (bicyclic) bond motifs is 3. The van der Waals surface area contributed by atoms with Crippen molar-refractivity contribution in [2.24, 2.45) is 0 Å². The van der Waals surface area contributed by atoms with Gasteiger partial charge in [0.1, 0.15) is 5.69 Å². The van der Waals surface area contributed by atoms with Crippen LogP contribution in [-0.2, 0) is 12.4 Å². The van der Waals surface area contributed by atoms with Gasteiger partial charge >= 0.3 is 12.4 Å². The van der Waals surface area contributed by atoms with Gasteiger partial charge in [-0.2, -0.15) is 26.3 Å². The summed E-state index contributed by atoms with van der Waals surface area (Å²) >= 11 is 0. The van der Waals surface area contributed by atoms with E-state index in [1.54, 1.807) is 4.57 Å². The van der Waals surface area contributed by atoms with Crippen molar-refractivity contribution in [3.63, 3.8) is 0 Å². The maximum absolute atomic E-state index is 13.2. The van der Waals surface area contributed by atoms with E-state index in [4.69, 9.17) is 0 Å². The van der Waals surface area contributed by atoms with Gasteiger partial charge < -0.3 is 15.0 Å². The first kappa shape index (κ1) is 20.0. The maximum atomic E-state index is 13.2. The third-order valence-corrected chi connectivity index (χ3v) is 5.29. The van der Waals surface area contributed by atoms with Crippen LogP contribution < -0.4 is 5.32 Å². The van der Waals surface area contributed by atoms with Gasteiger partial charge in [0, 0.05) is 22.8 Å². The summed E-state index contributed by atoms with van der Waals surface area (Å²) in [6, 6.07) is 3.28. The number of β-amino-alcohol motifs (C(OH)–C–C–N with tert-alkyl or cyclic N) is 1. The van der Waals surface area contributed by atoms with E-state index in [1.165, 1.54) is 6.07 Å². The minimum atomic E-state index is -4.73. The zero-order valence-electron chi connectivity index (χ0n) is 15.0. The van der Waals surface area contributed by atoms with E-state index in [9.17, 15) is 31.4 Å². The number of halogens is 6. The van der Waals surface area contributed by atoms with Crippen LogP contribution in [0.4, 0.5) is 26.3 Å². The molecule has 1 aliphatic heterocycles. The molecule has 0 spiro atoms. The fourth-order valence-electron chi connectivity index (χ4n) is 3.95. The SMILES string of the molecule is O[C@@H]1CNCCC[C@H]1n1c2ccc(C(F)(F)F)cc2c2cc(C(F)(F)F)ncc21. The Bertz CT molecular complexity index is 985. The molecule has 0 bridgehead atoms. The van der Waals surface area contributed by atoms with Gasteiger partial charge in [-0.3, -0.25) is 0 Å². The fourth-order valence-corrected chi connectivity index (χ4v) is 3.95. The molecule has 1 fully saturated rings. The highest BCUT2D eigenvalue weighted by molar-refractivity contribution is 6.08. The third-order valence-electron chi connectivity index (χ3n) is 5.29. The van der Waals surface area contributed by atoms with Crippen molar-refractivity contribution in [1.82, 2.24) is 14.9 Å². The number of hydrogen-bond acceptors (Lipinski definition) is 3. The van der Waals surface area contributed by atoms with Gasteiger partial charge in [-0.1, -0.05) is 0 Å². The van der Waals surface area contributed by atoms with E-state index >= 15 is 0 Å². The Morgan fingerprint density at radius 3 is 2.41 bits per heavy atom. The molecule has 4 rings (SSSR count). The topological polar surface area (TPSA) is 50.1 Å². The summed E-state index contributed by atoms with van der Waals surface area (Å²) in [5.74, 6) is 0. The monoisotopic (exact) mass is 417 g/mol. The maximum Gasteiger partial charge on any atom is 0.433 e. The van der Waals surface area contributed by atoms with Crippen LogP contribution in [0.15, 0.2) is 30.5 Å². The highest BCUT2D eigenvalue weighted by atomic mass is 19.4. The van der Waals surface area contributed by atoms with Crippen LogP contribution in [0.1, 0.15) is 30.1 Å². The second-order valence-corrected chi connectivity index (χ2v) is 7.17. The molecule has 10 heteroatoms. The Morgan fingerprint density at radius 2 is 1.72 bits per heavy atom. The van der Waals surface area contributed by atoms with Crippen molar-refractivity contribution in [3.8, 4) is 0 Å². The van der Waals surface area contributed by atoms with E-state index in [1.807, 2.05) is 0 Å². The molecule has 2 aromatic heterocycles. The molecule has 4 nitrogen and oxygen atoms in total. The normalized spacial score (nSPS) is 21.6. The first-order chi connectivity index (χ1) is 13.6. The molecular weight excluding hydrogens is 400 g/mol. The van der Waals surface area contributed by atoms with E-state index in [2.05, 4.69) is 10.3 Å². The molecule has 2 N–H and O–H groups in total. The molecule has 156 valence electrons. The number of alkyl halides is 6. The lowest BCUT2D eigenvalue weighted by molar-refractivity contribution is -0.141. The smallest absolute Gasteiger partial charge is 0.390 e. The standard InChI is InChI=1S/C19H17F6N3O/c20-18(21,22)10-3-4-13-11(6-10)12-7-17(19(23,24)25)27-8-15(12)28(13)14-2-1-5-26-9-16(14)29/h3-4,6-8,14,16,26,29H,1-2,5,9H2/t14-,16-/m1/s1. The summed E-state index contributed by atoms with van der Waals surface area (Å²) < 4.78 is 80.8. The minimum absolute atomic E-state index is 0.0258. The van der Waals surface area contributed by atoms with Crippen LogP contribution in [0.25, 0.3) is 21.8 Å². The minimum Gasteiger partial charge on any atom is -0.390 e. The number of aliphatic hydroxyl groups excluding tert-OH is 1. The van der Waals surface area contributed by atoms with Crippen LogP contribution in [0.2, 0.25) is 0 Å². The molecule has 0 radical (unpaired) electrons. The zero-order chi connectivity index (χ0) is 21.0. The van der Waals surface area contributed by atoms with E-state index in [0.29, 0.717) is 24.9 Å². The van der Waals surface area contributed by atoms with Crippen LogP contribution in [0.3, 0.4) is 0 Å². The largest absolute Gasteiger partial charge is 0.433 e. The Balaban J connectivity index is 2.03. The molecule has 2 atom stereocenters. The summed E-state index contributed by atoms with van der Waals surface area (Å²) in [4.78, 5) is 3.48. The van der Waals surface area contributed by atoms with Gasteiger partial charge in [-0.05, 0) is 43.7 Å². The highest BCUT2D eigenvalue weighted by Crippen LogP contribution is 2.40. The average Bonchev–Trinajstić information content (AvgIpc) is 2.80. The molecular formula is C19H17F6N3O. The summed E-state index contributed by atoms with van der Waals surface area (Å²) in [7, 11) is 0. The molecule has 1 saturated heterocycles. The van der Waals surface area contributed by atoms with Crippen LogP contribution in [-0.4, -0.2) is 33.9 Å². The lowest BCUT2D eigenvalue weighted by Gasteiger charge is -2.24. The average molecular weight is 417 g/mol. The second kappa shape index (κ2) is 6.88. The Morgan fingerprint density at radius 1 is 1.00 bits per heavy atom. The van der Waals surface area contributed by atoms with E-state index in [0.717, 1.165) is 24.4 Å². The Hall–Kier alpha value is -2.33. The number of aromatic nitrogens is 2. The third kappa shape index (κ3) is 3.55. The van der Waals surface area contributed by atoms with Crippen LogP contribution in [0, 0.1) is 0 Å². The number of hydrogen-bond donors (Lipinski definition) is 2. The number of benzene rings is 1. The van der Waals surface area contributed by atoms with Gasteiger partial charge in [0.05, 0.1) is 29.4 Å². The molecule has 1 aromatic carbocycles. The Labute approximate surface area is 161 Å². The van der Waals surface area contributed by atoms with E-state index < -0.39 is 35.8 Å². The summed E-state index contributed by atoms with van der Waals surface area (Å²) in [6.45, 7) is 0.944. The molecule has 0 amide bonds. The predicted octanol–water partition coefficient (Wildman–Crippen LogP) is 4.51. The van der Waals surface area contributed by atoms with Gasteiger partial charge in [0.15, 0.2) is 0 Å². The summed E-state index contributed by atoms with van der Waals surface area (Å²) in [5.41, 5.74) is -1.53. The number of aliphatic hydroxyl groups is 1. The number of nitrogens with zero attached hydrogens (tertiary/aromatic N) is 2. The number of rotatable bonds is 1. The molecule has 29 heavy (non-hydrogen) atoms. The van der Waals surface area contributed by atoms with Crippen LogP contribution >= 0.6 is 0 Å². The predicted molar refractivity (Wildman–Crippen MR) is 94.4 cm³/mol. The van der Waals surface area contributed by atoms with Gasteiger partial charge in [-0.15, -0.1) is 0 Å². The van der Waals surface area contributed by atoms with Crippen LogP contribution in [0.5, 0.6) is 0 Å².